The van der Waals surface area contributed by atoms with Crippen molar-refractivity contribution in [3.63, 3.8) is 0 Å². The minimum Gasteiger partial charge on any atom is -0.285 e. The Balaban J connectivity index is 1.64. The molecular weight excluding hydrogens is 367 g/mol. The molecule has 0 saturated heterocycles. The molecule has 2 heterocycles. The summed E-state index contributed by atoms with van der Waals surface area (Å²) in [5.74, 6) is -0.258. The van der Waals surface area contributed by atoms with Crippen LogP contribution in [0.25, 0.3) is 16.5 Å². The standard InChI is InChI=1S/C21H16F3N3O/c1-26-19-9-8-18(11-16(19)13-25-26)27-10-2-3-15(12-20(27)28)14-4-6-17(7-5-14)21(22,23)24/h2,4-13H,3H2,1H3. The van der Waals surface area contributed by atoms with Crippen molar-refractivity contribution in [3.8, 4) is 0 Å². The minimum atomic E-state index is -4.38. The second kappa shape index (κ2) is 6.67. The highest BCUT2D eigenvalue weighted by atomic mass is 19.4. The molecule has 1 aromatic heterocycles. The van der Waals surface area contributed by atoms with Crippen molar-refractivity contribution in [2.24, 2.45) is 7.05 Å². The third kappa shape index (κ3) is 3.31. The second-order valence-electron chi connectivity index (χ2n) is 6.55. The zero-order chi connectivity index (χ0) is 19.9. The van der Waals surface area contributed by atoms with E-state index in [0.717, 1.165) is 23.0 Å². The van der Waals surface area contributed by atoms with E-state index in [1.165, 1.54) is 23.1 Å². The first kappa shape index (κ1) is 18.0. The number of hydrogen-bond acceptors (Lipinski definition) is 2. The van der Waals surface area contributed by atoms with Crippen LogP contribution in [0.3, 0.4) is 0 Å². The quantitative estimate of drug-likeness (QED) is 0.630. The molecule has 0 radical (unpaired) electrons. The Morgan fingerprint density at radius 3 is 2.54 bits per heavy atom. The molecule has 28 heavy (non-hydrogen) atoms. The molecule has 4 nitrogen and oxygen atoms in total. The Labute approximate surface area is 159 Å². The van der Waals surface area contributed by atoms with Crippen LogP contribution in [0.4, 0.5) is 18.9 Å². The van der Waals surface area contributed by atoms with Crippen LogP contribution in [-0.4, -0.2) is 15.7 Å². The third-order valence-electron chi connectivity index (χ3n) is 4.72. The topological polar surface area (TPSA) is 38.1 Å². The number of rotatable bonds is 2. The Morgan fingerprint density at radius 1 is 1.07 bits per heavy atom. The number of aryl methyl sites for hydroxylation is 1. The molecule has 0 atom stereocenters. The SMILES string of the molecule is Cn1ncc2cc(N3C=CCC(c4ccc(C(F)(F)F)cc4)=CC3=O)ccc21. The summed E-state index contributed by atoms with van der Waals surface area (Å²) in [5, 5.41) is 5.11. The number of alkyl halides is 3. The molecule has 1 aliphatic heterocycles. The molecule has 0 spiro atoms. The van der Waals surface area contributed by atoms with Gasteiger partial charge in [-0.1, -0.05) is 18.2 Å². The molecule has 0 saturated carbocycles. The van der Waals surface area contributed by atoms with Gasteiger partial charge in [-0.3, -0.25) is 14.4 Å². The highest BCUT2D eigenvalue weighted by molar-refractivity contribution is 6.08. The number of benzene rings is 2. The summed E-state index contributed by atoms with van der Waals surface area (Å²) >= 11 is 0. The first-order valence-corrected chi connectivity index (χ1v) is 8.63. The van der Waals surface area contributed by atoms with E-state index in [1.54, 1.807) is 17.1 Å². The van der Waals surface area contributed by atoms with Gasteiger partial charge in [0.25, 0.3) is 5.91 Å². The van der Waals surface area contributed by atoms with Gasteiger partial charge < -0.3 is 0 Å². The lowest BCUT2D eigenvalue weighted by molar-refractivity contribution is -0.137. The number of halogens is 3. The van der Waals surface area contributed by atoms with Gasteiger partial charge in [0.15, 0.2) is 0 Å². The van der Waals surface area contributed by atoms with E-state index in [0.29, 0.717) is 23.2 Å². The Kier molecular flexibility index (Phi) is 4.30. The highest BCUT2D eigenvalue weighted by Gasteiger charge is 2.30. The van der Waals surface area contributed by atoms with Crippen molar-refractivity contribution < 1.29 is 18.0 Å². The smallest absolute Gasteiger partial charge is 0.285 e. The van der Waals surface area contributed by atoms with E-state index < -0.39 is 11.7 Å². The van der Waals surface area contributed by atoms with Crippen LogP contribution >= 0.6 is 0 Å². The van der Waals surface area contributed by atoms with Crippen LogP contribution in [0.15, 0.2) is 67.0 Å². The number of carbonyl (C=O) groups is 1. The fourth-order valence-electron chi connectivity index (χ4n) is 3.22. The van der Waals surface area contributed by atoms with Crippen LogP contribution in [-0.2, 0) is 18.0 Å². The first-order chi connectivity index (χ1) is 13.3. The summed E-state index contributed by atoms with van der Waals surface area (Å²) < 4.78 is 40.0. The summed E-state index contributed by atoms with van der Waals surface area (Å²) in [6.07, 6.45) is 2.77. The number of anilines is 1. The summed E-state index contributed by atoms with van der Waals surface area (Å²) in [7, 11) is 1.85. The average Bonchev–Trinajstić information content (AvgIpc) is 2.91. The summed E-state index contributed by atoms with van der Waals surface area (Å²) in [6, 6.07) is 10.5. The predicted octanol–water partition coefficient (Wildman–Crippen LogP) is 4.93. The van der Waals surface area contributed by atoms with E-state index >= 15 is 0 Å². The Bertz CT molecular complexity index is 1110. The maximum atomic E-state index is 12.8. The van der Waals surface area contributed by atoms with Crippen LogP contribution in [0.2, 0.25) is 0 Å². The number of carbonyl (C=O) groups excluding carboxylic acids is 1. The monoisotopic (exact) mass is 383 g/mol. The van der Waals surface area contributed by atoms with Gasteiger partial charge in [-0.2, -0.15) is 18.3 Å². The molecule has 0 aliphatic carbocycles. The molecule has 1 aliphatic rings. The zero-order valence-electron chi connectivity index (χ0n) is 14.9. The molecular formula is C21H16F3N3O. The maximum Gasteiger partial charge on any atom is 0.416 e. The van der Waals surface area contributed by atoms with Gasteiger partial charge in [0, 0.05) is 30.4 Å². The molecule has 4 rings (SSSR count). The maximum absolute atomic E-state index is 12.8. The molecule has 0 unspecified atom stereocenters. The molecule has 2 aromatic carbocycles. The minimum absolute atomic E-state index is 0.258. The largest absolute Gasteiger partial charge is 0.416 e. The van der Waals surface area contributed by atoms with Gasteiger partial charge in [-0.05, 0) is 47.9 Å². The molecule has 0 bridgehead atoms. The molecule has 0 N–H and O–H groups in total. The van der Waals surface area contributed by atoms with Gasteiger partial charge in [-0.25, -0.2) is 0 Å². The van der Waals surface area contributed by atoms with Crippen LogP contribution in [0, 0.1) is 0 Å². The van der Waals surface area contributed by atoms with Crippen molar-refractivity contribution in [2.45, 2.75) is 12.6 Å². The van der Waals surface area contributed by atoms with Crippen LogP contribution in [0.5, 0.6) is 0 Å². The lowest BCUT2D eigenvalue weighted by atomic mass is 10.0. The van der Waals surface area contributed by atoms with Gasteiger partial charge in [0.2, 0.25) is 0 Å². The van der Waals surface area contributed by atoms with Gasteiger partial charge in [0.05, 0.1) is 17.3 Å². The van der Waals surface area contributed by atoms with E-state index in [2.05, 4.69) is 5.10 Å². The number of nitrogens with zero attached hydrogens (tertiary/aromatic N) is 3. The summed E-state index contributed by atoms with van der Waals surface area (Å²) in [6.45, 7) is 0. The van der Waals surface area contributed by atoms with Crippen LogP contribution in [0.1, 0.15) is 17.5 Å². The molecule has 0 fully saturated rings. The fourth-order valence-corrected chi connectivity index (χ4v) is 3.22. The zero-order valence-corrected chi connectivity index (χ0v) is 14.9. The highest BCUT2D eigenvalue weighted by Crippen LogP contribution is 2.31. The number of hydrogen-bond donors (Lipinski definition) is 0. The first-order valence-electron chi connectivity index (χ1n) is 8.63. The third-order valence-corrected chi connectivity index (χ3v) is 4.72. The predicted molar refractivity (Wildman–Crippen MR) is 101 cm³/mol. The molecule has 1 amide bonds. The number of allylic oxidation sites excluding steroid dienone is 2. The lowest BCUT2D eigenvalue weighted by Gasteiger charge is -2.16. The molecule has 142 valence electrons. The van der Waals surface area contributed by atoms with Gasteiger partial charge in [-0.15, -0.1) is 0 Å². The van der Waals surface area contributed by atoms with E-state index in [9.17, 15) is 18.0 Å². The van der Waals surface area contributed by atoms with Gasteiger partial charge >= 0.3 is 6.18 Å². The van der Waals surface area contributed by atoms with Crippen molar-refractivity contribution >= 4 is 28.1 Å². The number of fused-ring (bicyclic) bond motifs is 1. The number of aromatic nitrogens is 2. The van der Waals surface area contributed by atoms with E-state index in [4.69, 9.17) is 0 Å². The fraction of sp³-hybridized carbons (Fsp3) is 0.143. The van der Waals surface area contributed by atoms with E-state index in [1.807, 2.05) is 31.3 Å². The van der Waals surface area contributed by atoms with Gasteiger partial charge in [0.1, 0.15) is 0 Å². The Morgan fingerprint density at radius 2 is 1.82 bits per heavy atom. The summed E-state index contributed by atoms with van der Waals surface area (Å²) in [5.41, 5.74) is 2.21. The van der Waals surface area contributed by atoms with Crippen molar-refractivity contribution in [1.82, 2.24) is 9.78 Å². The van der Waals surface area contributed by atoms with Crippen LogP contribution < -0.4 is 4.90 Å². The summed E-state index contributed by atoms with van der Waals surface area (Å²) in [4.78, 5) is 14.3. The normalized spacial score (nSPS) is 15.1. The number of amides is 1. The average molecular weight is 383 g/mol. The van der Waals surface area contributed by atoms with Crippen molar-refractivity contribution in [1.29, 1.82) is 0 Å². The molecule has 3 aromatic rings. The second-order valence-corrected chi connectivity index (χ2v) is 6.55. The molecule has 7 heteroatoms. The lowest BCUT2D eigenvalue weighted by Crippen LogP contribution is -2.22. The Hall–Kier alpha value is -3.35. The van der Waals surface area contributed by atoms with Crippen molar-refractivity contribution in [3.05, 3.63) is 78.1 Å². The van der Waals surface area contributed by atoms with Crippen molar-refractivity contribution in [2.75, 3.05) is 4.90 Å². The van der Waals surface area contributed by atoms with E-state index in [-0.39, 0.29) is 5.91 Å².